The van der Waals surface area contributed by atoms with E-state index < -0.39 is 0 Å². The van der Waals surface area contributed by atoms with E-state index in [0.29, 0.717) is 44.1 Å². The van der Waals surface area contributed by atoms with Gasteiger partial charge < -0.3 is 24.6 Å². The van der Waals surface area contributed by atoms with Gasteiger partial charge in [-0.05, 0) is 38.5 Å². The fourth-order valence-electron chi connectivity index (χ4n) is 2.84. The Morgan fingerprint density at radius 2 is 1.58 bits per heavy atom. The minimum Gasteiger partial charge on any atom is -0.493 e. The number of piperazine rings is 1. The van der Waals surface area contributed by atoms with Gasteiger partial charge in [0.05, 0.1) is 20.6 Å². The van der Waals surface area contributed by atoms with E-state index in [2.05, 4.69) is 5.32 Å². The number of carbonyl (C=O) groups excluding carboxylic acids is 2. The molecule has 7 nitrogen and oxygen atoms in total. The quantitative estimate of drug-likeness (QED) is 0.887. The van der Waals surface area contributed by atoms with Crippen LogP contribution >= 0.6 is 0 Å². The van der Waals surface area contributed by atoms with Gasteiger partial charge in [-0.25, -0.2) is 4.79 Å². The summed E-state index contributed by atoms with van der Waals surface area (Å²) in [4.78, 5) is 28.3. The lowest BCUT2D eigenvalue weighted by molar-refractivity contribution is -0.131. The SMILES string of the molecule is COc1ccc(CC(=O)N2CCN(C(=O)NC(C)(C)C)CC2)cc1OC. The molecular weight excluding hydrogens is 334 g/mol. The first kappa shape index (κ1) is 19.9. The number of nitrogens with zero attached hydrogens (tertiary/aromatic N) is 2. The Kier molecular flexibility index (Phi) is 6.34. The van der Waals surface area contributed by atoms with Crippen molar-refractivity contribution in [3.8, 4) is 11.5 Å². The first-order valence-corrected chi connectivity index (χ1v) is 8.79. The number of nitrogens with one attached hydrogen (secondary N) is 1. The van der Waals surface area contributed by atoms with Crippen LogP contribution in [0.15, 0.2) is 18.2 Å². The number of ether oxygens (including phenoxy) is 2. The van der Waals surface area contributed by atoms with Crippen molar-refractivity contribution in [1.29, 1.82) is 0 Å². The molecule has 0 radical (unpaired) electrons. The third-order valence-electron chi connectivity index (χ3n) is 4.20. The second-order valence-electron chi connectivity index (χ2n) is 7.41. The van der Waals surface area contributed by atoms with Crippen LogP contribution < -0.4 is 14.8 Å². The van der Waals surface area contributed by atoms with Crippen molar-refractivity contribution in [3.05, 3.63) is 23.8 Å². The summed E-state index contributed by atoms with van der Waals surface area (Å²) in [5.41, 5.74) is 0.609. The molecule has 1 heterocycles. The van der Waals surface area contributed by atoms with Gasteiger partial charge >= 0.3 is 6.03 Å². The molecule has 1 aromatic carbocycles. The topological polar surface area (TPSA) is 71.1 Å². The summed E-state index contributed by atoms with van der Waals surface area (Å²) in [6.07, 6.45) is 0.300. The van der Waals surface area contributed by atoms with Gasteiger partial charge in [0.2, 0.25) is 5.91 Å². The summed E-state index contributed by atoms with van der Waals surface area (Å²) in [5.74, 6) is 1.30. The van der Waals surface area contributed by atoms with Crippen LogP contribution in [0.5, 0.6) is 11.5 Å². The zero-order chi connectivity index (χ0) is 19.3. The van der Waals surface area contributed by atoms with E-state index in [-0.39, 0.29) is 17.5 Å². The predicted octanol–water partition coefficient (Wildman–Crippen LogP) is 1.90. The third-order valence-corrected chi connectivity index (χ3v) is 4.20. The molecule has 0 atom stereocenters. The monoisotopic (exact) mass is 363 g/mol. The maximum atomic E-state index is 12.6. The summed E-state index contributed by atoms with van der Waals surface area (Å²) < 4.78 is 10.5. The maximum absolute atomic E-state index is 12.6. The van der Waals surface area contributed by atoms with Crippen molar-refractivity contribution in [2.24, 2.45) is 0 Å². The Morgan fingerprint density at radius 1 is 1.00 bits per heavy atom. The van der Waals surface area contributed by atoms with Crippen LogP contribution in [0.2, 0.25) is 0 Å². The van der Waals surface area contributed by atoms with Crippen LogP contribution in [0, 0.1) is 0 Å². The van der Waals surface area contributed by atoms with Gasteiger partial charge in [0.1, 0.15) is 0 Å². The van der Waals surface area contributed by atoms with Crippen molar-refractivity contribution >= 4 is 11.9 Å². The molecule has 0 saturated carbocycles. The minimum atomic E-state index is -0.266. The highest BCUT2D eigenvalue weighted by Gasteiger charge is 2.26. The summed E-state index contributed by atoms with van der Waals surface area (Å²) in [6.45, 7) is 8.03. The first-order valence-electron chi connectivity index (χ1n) is 8.79. The average Bonchev–Trinajstić information content (AvgIpc) is 2.60. The zero-order valence-electron chi connectivity index (χ0n) is 16.3. The van der Waals surface area contributed by atoms with E-state index in [1.165, 1.54) is 0 Å². The Bertz CT molecular complexity index is 647. The fourth-order valence-corrected chi connectivity index (χ4v) is 2.84. The van der Waals surface area contributed by atoms with Gasteiger partial charge in [-0.3, -0.25) is 4.79 Å². The maximum Gasteiger partial charge on any atom is 0.317 e. The Morgan fingerprint density at radius 3 is 2.12 bits per heavy atom. The van der Waals surface area contributed by atoms with Crippen LogP contribution in [-0.2, 0) is 11.2 Å². The zero-order valence-corrected chi connectivity index (χ0v) is 16.3. The second kappa shape index (κ2) is 8.29. The van der Waals surface area contributed by atoms with E-state index in [4.69, 9.17) is 9.47 Å². The first-order chi connectivity index (χ1) is 12.2. The molecule has 0 aromatic heterocycles. The summed E-state index contributed by atoms with van der Waals surface area (Å²) in [6, 6.07) is 5.41. The largest absolute Gasteiger partial charge is 0.493 e. The Balaban J connectivity index is 1.89. The number of urea groups is 1. The number of methoxy groups -OCH3 is 2. The van der Waals surface area contributed by atoms with Gasteiger partial charge in [0.15, 0.2) is 11.5 Å². The molecule has 0 unspecified atom stereocenters. The highest BCUT2D eigenvalue weighted by Crippen LogP contribution is 2.27. The van der Waals surface area contributed by atoms with Crippen LogP contribution in [0.4, 0.5) is 4.79 Å². The molecule has 7 heteroatoms. The van der Waals surface area contributed by atoms with E-state index in [1.807, 2.05) is 32.9 Å². The van der Waals surface area contributed by atoms with Crippen molar-refractivity contribution in [3.63, 3.8) is 0 Å². The summed E-state index contributed by atoms with van der Waals surface area (Å²) in [5, 5.41) is 2.95. The van der Waals surface area contributed by atoms with Crippen LogP contribution in [0.25, 0.3) is 0 Å². The Hall–Kier alpha value is -2.44. The molecule has 2 rings (SSSR count). The van der Waals surface area contributed by atoms with E-state index in [0.717, 1.165) is 5.56 Å². The number of carbonyl (C=O) groups is 2. The molecular formula is C19H29N3O4. The molecule has 1 saturated heterocycles. The molecule has 1 aliphatic heterocycles. The highest BCUT2D eigenvalue weighted by atomic mass is 16.5. The minimum absolute atomic E-state index is 0.0492. The Labute approximate surface area is 155 Å². The molecule has 1 aliphatic rings. The normalized spacial score (nSPS) is 14.8. The van der Waals surface area contributed by atoms with E-state index in [1.54, 1.807) is 30.1 Å². The molecule has 26 heavy (non-hydrogen) atoms. The smallest absolute Gasteiger partial charge is 0.317 e. The van der Waals surface area contributed by atoms with Gasteiger partial charge in [0, 0.05) is 31.7 Å². The van der Waals surface area contributed by atoms with Crippen molar-refractivity contribution < 1.29 is 19.1 Å². The lowest BCUT2D eigenvalue weighted by atomic mass is 10.1. The lowest BCUT2D eigenvalue weighted by Gasteiger charge is -2.36. The molecule has 0 aliphatic carbocycles. The number of hydrogen-bond donors (Lipinski definition) is 1. The number of rotatable bonds is 4. The van der Waals surface area contributed by atoms with E-state index in [9.17, 15) is 9.59 Å². The molecule has 1 fully saturated rings. The number of hydrogen-bond acceptors (Lipinski definition) is 4. The van der Waals surface area contributed by atoms with Gasteiger partial charge in [-0.1, -0.05) is 6.07 Å². The number of amides is 3. The molecule has 3 amide bonds. The van der Waals surface area contributed by atoms with Crippen LogP contribution in [0.3, 0.4) is 0 Å². The van der Waals surface area contributed by atoms with E-state index >= 15 is 0 Å². The predicted molar refractivity (Wildman–Crippen MR) is 99.7 cm³/mol. The average molecular weight is 363 g/mol. The molecule has 1 N–H and O–H groups in total. The summed E-state index contributed by atoms with van der Waals surface area (Å²) in [7, 11) is 3.16. The van der Waals surface area contributed by atoms with Gasteiger partial charge in [-0.2, -0.15) is 0 Å². The third kappa shape index (κ3) is 5.28. The van der Waals surface area contributed by atoms with Crippen LogP contribution in [0.1, 0.15) is 26.3 Å². The molecule has 0 spiro atoms. The lowest BCUT2D eigenvalue weighted by Crippen LogP contribution is -2.56. The summed E-state index contributed by atoms with van der Waals surface area (Å²) >= 11 is 0. The van der Waals surface area contributed by atoms with Crippen molar-refractivity contribution in [1.82, 2.24) is 15.1 Å². The molecule has 144 valence electrons. The second-order valence-corrected chi connectivity index (χ2v) is 7.41. The van der Waals surface area contributed by atoms with Crippen molar-refractivity contribution in [2.75, 3.05) is 40.4 Å². The van der Waals surface area contributed by atoms with Gasteiger partial charge in [0.25, 0.3) is 0 Å². The molecule has 0 bridgehead atoms. The van der Waals surface area contributed by atoms with Gasteiger partial charge in [-0.15, -0.1) is 0 Å². The number of benzene rings is 1. The standard InChI is InChI=1S/C19H29N3O4/c1-19(2,3)20-18(24)22-10-8-21(9-11-22)17(23)13-14-6-7-15(25-4)16(12-14)26-5/h6-7,12H,8-11,13H2,1-5H3,(H,20,24). The van der Waals surface area contributed by atoms with Crippen molar-refractivity contribution in [2.45, 2.75) is 32.7 Å². The highest BCUT2D eigenvalue weighted by molar-refractivity contribution is 5.80. The van der Waals surface area contributed by atoms with Crippen LogP contribution in [-0.4, -0.2) is 67.7 Å². The molecule has 1 aromatic rings. The fraction of sp³-hybridized carbons (Fsp3) is 0.579.